The van der Waals surface area contributed by atoms with Crippen LogP contribution in [0.15, 0.2) is 64.4 Å². The number of thiol groups is 1. The predicted molar refractivity (Wildman–Crippen MR) is 87.4 cm³/mol. The van der Waals surface area contributed by atoms with Crippen LogP contribution in [0.25, 0.3) is 0 Å². The second-order valence-electron chi connectivity index (χ2n) is 5.19. The van der Waals surface area contributed by atoms with Crippen molar-refractivity contribution in [2.75, 3.05) is 0 Å². The lowest BCUT2D eigenvalue weighted by molar-refractivity contribution is -0.164. The highest BCUT2D eigenvalue weighted by Crippen LogP contribution is 2.48. The Kier molecular flexibility index (Phi) is 4.27. The van der Waals surface area contributed by atoms with Gasteiger partial charge < -0.3 is 4.79 Å². The van der Waals surface area contributed by atoms with Crippen LogP contribution in [-0.2, 0) is 16.2 Å². The maximum Gasteiger partial charge on any atom is 0.145 e. The third-order valence-electron chi connectivity index (χ3n) is 3.67. The first-order chi connectivity index (χ1) is 10.3. The summed E-state index contributed by atoms with van der Waals surface area (Å²) in [5, 5.41) is 7.30. The van der Waals surface area contributed by atoms with Gasteiger partial charge in [-0.15, -0.1) is 0 Å². The standard InChI is InChI=1S/C17H19NO2S/c1-14-11-17(21-9-5-6-10-21)18(16(14)12-19)20-13-15-7-3-2-4-8-15/h2-12,14,16,21H,13H2,1H3. The summed E-state index contributed by atoms with van der Waals surface area (Å²) < 4.78 is 0. The number of hydrogen-bond donors (Lipinski definition) is 1. The summed E-state index contributed by atoms with van der Waals surface area (Å²) in [4.78, 5) is 17.4. The van der Waals surface area contributed by atoms with E-state index < -0.39 is 10.9 Å². The van der Waals surface area contributed by atoms with Gasteiger partial charge >= 0.3 is 0 Å². The molecule has 0 spiro atoms. The van der Waals surface area contributed by atoms with E-state index >= 15 is 0 Å². The lowest BCUT2D eigenvalue weighted by atomic mass is 10.1. The number of nitrogens with zero attached hydrogens (tertiary/aromatic N) is 1. The zero-order valence-corrected chi connectivity index (χ0v) is 12.8. The van der Waals surface area contributed by atoms with Crippen molar-refractivity contribution >= 4 is 17.2 Å². The Balaban J connectivity index is 1.76. The van der Waals surface area contributed by atoms with Gasteiger partial charge in [-0.05, 0) is 22.5 Å². The van der Waals surface area contributed by atoms with Crippen LogP contribution in [0.5, 0.6) is 0 Å². The average Bonchev–Trinajstić information content (AvgIpc) is 3.13. The van der Waals surface area contributed by atoms with E-state index in [1.165, 1.54) is 0 Å². The maximum absolute atomic E-state index is 11.4. The van der Waals surface area contributed by atoms with Crippen molar-refractivity contribution in [3.05, 3.63) is 70.0 Å². The van der Waals surface area contributed by atoms with Crippen molar-refractivity contribution in [2.24, 2.45) is 5.92 Å². The monoisotopic (exact) mass is 301 g/mol. The fourth-order valence-corrected chi connectivity index (χ4v) is 4.31. The minimum atomic E-state index is -0.483. The molecule has 2 unspecified atom stereocenters. The summed E-state index contributed by atoms with van der Waals surface area (Å²) in [6.45, 7) is 2.54. The second kappa shape index (κ2) is 6.33. The van der Waals surface area contributed by atoms with Crippen molar-refractivity contribution in [1.29, 1.82) is 0 Å². The van der Waals surface area contributed by atoms with Crippen molar-refractivity contribution in [3.63, 3.8) is 0 Å². The summed E-state index contributed by atoms with van der Waals surface area (Å²) in [5.74, 6) is 0.179. The highest BCUT2D eigenvalue weighted by Gasteiger charge is 2.34. The number of hydrogen-bond acceptors (Lipinski definition) is 3. The number of aldehydes is 1. The number of benzene rings is 1. The highest BCUT2D eigenvalue weighted by molar-refractivity contribution is 8.25. The molecule has 0 amide bonds. The first kappa shape index (κ1) is 14.2. The predicted octanol–water partition coefficient (Wildman–Crippen LogP) is 3.52. The summed E-state index contributed by atoms with van der Waals surface area (Å²) in [7, 11) is -0.483. The van der Waals surface area contributed by atoms with Gasteiger partial charge in [-0.2, -0.15) is 10.9 Å². The molecule has 0 bridgehead atoms. The SMILES string of the molecule is CC1C=C([SH]2C=CC=C2)N(OCc2ccccc2)C1C=O. The van der Waals surface area contributed by atoms with Gasteiger partial charge in [0.1, 0.15) is 12.3 Å². The van der Waals surface area contributed by atoms with E-state index in [2.05, 4.69) is 36.0 Å². The van der Waals surface area contributed by atoms with Gasteiger partial charge in [0.05, 0.1) is 11.6 Å². The van der Waals surface area contributed by atoms with Gasteiger partial charge in [0.15, 0.2) is 0 Å². The minimum absolute atomic E-state index is 0.179. The molecule has 0 N–H and O–H groups in total. The van der Waals surface area contributed by atoms with Crippen molar-refractivity contribution in [3.8, 4) is 0 Å². The summed E-state index contributed by atoms with van der Waals surface area (Å²) in [6, 6.07) is 9.79. The molecule has 2 heterocycles. The summed E-state index contributed by atoms with van der Waals surface area (Å²) >= 11 is 0. The molecule has 0 saturated carbocycles. The Morgan fingerprint density at radius 2 is 1.95 bits per heavy atom. The number of carbonyl (C=O) groups excluding carboxylic acids is 1. The fourth-order valence-electron chi connectivity index (χ4n) is 2.51. The Labute approximate surface area is 127 Å². The zero-order chi connectivity index (χ0) is 14.7. The van der Waals surface area contributed by atoms with Gasteiger partial charge in [-0.3, -0.25) is 4.84 Å². The van der Waals surface area contributed by atoms with E-state index in [9.17, 15) is 4.79 Å². The first-order valence-electron chi connectivity index (χ1n) is 7.06. The molecule has 4 heteroatoms. The maximum atomic E-state index is 11.4. The lowest BCUT2D eigenvalue weighted by Crippen LogP contribution is -2.34. The quantitative estimate of drug-likeness (QED) is 0.666. The Bertz CT molecular complexity index is 582. The van der Waals surface area contributed by atoms with Crippen LogP contribution in [0.2, 0.25) is 0 Å². The van der Waals surface area contributed by atoms with Crippen LogP contribution in [0.1, 0.15) is 12.5 Å². The van der Waals surface area contributed by atoms with Gasteiger partial charge in [0.2, 0.25) is 0 Å². The number of hydroxylamine groups is 2. The molecule has 2 atom stereocenters. The third-order valence-corrected chi connectivity index (χ3v) is 5.53. The average molecular weight is 301 g/mol. The molecule has 21 heavy (non-hydrogen) atoms. The summed E-state index contributed by atoms with van der Waals surface area (Å²) in [5.41, 5.74) is 1.10. The molecule has 110 valence electrons. The van der Waals surface area contributed by atoms with Crippen molar-refractivity contribution in [1.82, 2.24) is 5.06 Å². The molecule has 0 aliphatic carbocycles. The van der Waals surface area contributed by atoms with Gasteiger partial charge in [-0.1, -0.05) is 49.4 Å². The van der Waals surface area contributed by atoms with Gasteiger partial charge in [-0.25, -0.2) is 5.06 Å². The highest BCUT2D eigenvalue weighted by atomic mass is 32.2. The van der Waals surface area contributed by atoms with E-state index in [4.69, 9.17) is 4.84 Å². The van der Waals surface area contributed by atoms with Crippen LogP contribution in [-0.4, -0.2) is 17.4 Å². The molecule has 0 saturated heterocycles. The van der Waals surface area contributed by atoms with Crippen LogP contribution in [0, 0.1) is 5.92 Å². The Morgan fingerprint density at radius 3 is 2.62 bits per heavy atom. The smallest absolute Gasteiger partial charge is 0.145 e. The molecule has 0 aromatic heterocycles. The molecule has 3 nitrogen and oxygen atoms in total. The second-order valence-corrected chi connectivity index (χ2v) is 7.05. The third kappa shape index (κ3) is 2.96. The summed E-state index contributed by atoms with van der Waals surface area (Å²) in [6.07, 6.45) is 7.26. The van der Waals surface area contributed by atoms with E-state index in [1.807, 2.05) is 35.4 Å². The van der Waals surface area contributed by atoms with Crippen molar-refractivity contribution in [2.45, 2.75) is 19.6 Å². The molecular formula is C17H19NO2S. The van der Waals surface area contributed by atoms with Crippen LogP contribution >= 0.6 is 10.9 Å². The molecule has 1 aromatic rings. The lowest BCUT2D eigenvalue weighted by Gasteiger charge is -2.29. The minimum Gasteiger partial charge on any atom is -0.301 e. The van der Waals surface area contributed by atoms with Crippen LogP contribution in [0.3, 0.4) is 0 Å². The largest absolute Gasteiger partial charge is 0.301 e. The molecule has 3 rings (SSSR count). The fraction of sp³-hybridized carbons (Fsp3) is 0.235. The molecule has 2 aliphatic heterocycles. The normalized spacial score (nSPS) is 25.5. The van der Waals surface area contributed by atoms with Crippen LogP contribution in [0.4, 0.5) is 0 Å². The van der Waals surface area contributed by atoms with Crippen molar-refractivity contribution < 1.29 is 9.63 Å². The molecular weight excluding hydrogens is 282 g/mol. The van der Waals surface area contributed by atoms with E-state index in [0.717, 1.165) is 16.9 Å². The Morgan fingerprint density at radius 1 is 1.24 bits per heavy atom. The first-order valence-corrected chi connectivity index (χ1v) is 8.54. The van der Waals surface area contributed by atoms with Gasteiger partial charge in [0, 0.05) is 5.92 Å². The zero-order valence-electron chi connectivity index (χ0n) is 11.9. The Hall–Kier alpha value is -1.78. The van der Waals surface area contributed by atoms with E-state index in [-0.39, 0.29) is 12.0 Å². The molecule has 0 fully saturated rings. The number of carbonyl (C=O) groups is 1. The van der Waals surface area contributed by atoms with Crippen LogP contribution < -0.4 is 0 Å². The number of rotatable bonds is 5. The number of allylic oxidation sites excluding steroid dienone is 2. The molecule has 0 radical (unpaired) electrons. The molecule has 2 aliphatic rings. The topological polar surface area (TPSA) is 29.5 Å². The molecule has 1 aromatic carbocycles. The van der Waals surface area contributed by atoms with Gasteiger partial charge in [0.25, 0.3) is 0 Å². The van der Waals surface area contributed by atoms with E-state index in [1.54, 1.807) is 0 Å². The van der Waals surface area contributed by atoms with E-state index in [0.29, 0.717) is 6.61 Å².